The van der Waals surface area contributed by atoms with E-state index in [1.165, 1.54) is 4.90 Å². The predicted octanol–water partition coefficient (Wildman–Crippen LogP) is 6.49. The van der Waals surface area contributed by atoms with Crippen molar-refractivity contribution in [3.63, 3.8) is 0 Å². The summed E-state index contributed by atoms with van der Waals surface area (Å²) in [4.78, 5) is 28.0. The van der Waals surface area contributed by atoms with Crippen LogP contribution < -0.4 is 9.64 Å². The number of carbonyl (C=O) groups excluding carboxylic acids is 2. The van der Waals surface area contributed by atoms with Gasteiger partial charge in [-0.3, -0.25) is 14.5 Å². The lowest BCUT2D eigenvalue weighted by Gasteiger charge is -2.26. The number of hydrogen-bond acceptors (Lipinski definition) is 4. The minimum absolute atomic E-state index is 0.0337. The molecule has 0 spiro atoms. The van der Waals surface area contributed by atoms with E-state index in [1.807, 2.05) is 31.2 Å². The number of hydrogen-bond donors (Lipinski definition) is 1. The molecule has 1 fully saturated rings. The molecule has 6 heteroatoms. The first-order chi connectivity index (χ1) is 16.3. The van der Waals surface area contributed by atoms with E-state index in [0.29, 0.717) is 34.5 Å². The van der Waals surface area contributed by atoms with Crippen molar-refractivity contribution in [1.29, 1.82) is 0 Å². The van der Waals surface area contributed by atoms with Gasteiger partial charge in [0.15, 0.2) is 0 Å². The van der Waals surface area contributed by atoms with E-state index in [1.54, 1.807) is 48.5 Å². The van der Waals surface area contributed by atoms with Crippen molar-refractivity contribution < 1.29 is 19.4 Å². The Hall–Kier alpha value is -3.57. The number of ether oxygens (including phenoxy) is 1. The van der Waals surface area contributed by atoms with Gasteiger partial charge in [0.25, 0.3) is 11.7 Å². The first-order valence-corrected chi connectivity index (χ1v) is 11.6. The number of aliphatic hydroxyl groups excluding tert-OH is 1. The van der Waals surface area contributed by atoms with Gasteiger partial charge in [-0.05, 0) is 60.4 Å². The zero-order valence-electron chi connectivity index (χ0n) is 19.3. The van der Waals surface area contributed by atoms with E-state index < -0.39 is 17.7 Å². The monoisotopic (exact) mass is 475 g/mol. The lowest BCUT2D eigenvalue weighted by Crippen LogP contribution is -2.29. The summed E-state index contributed by atoms with van der Waals surface area (Å²) in [5, 5.41) is 11.7. The van der Waals surface area contributed by atoms with E-state index in [0.717, 1.165) is 11.1 Å². The highest BCUT2D eigenvalue weighted by atomic mass is 35.5. The van der Waals surface area contributed by atoms with Crippen LogP contribution in [0.1, 0.15) is 49.4 Å². The first-order valence-electron chi connectivity index (χ1n) is 11.2. The topological polar surface area (TPSA) is 66.8 Å². The van der Waals surface area contributed by atoms with Gasteiger partial charge in [-0.15, -0.1) is 0 Å². The molecule has 1 saturated heterocycles. The second-order valence-corrected chi connectivity index (χ2v) is 8.86. The average molecular weight is 476 g/mol. The van der Waals surface area contributed by atoms with Gasteiger partial charge in [-0.25, -0.2) is 0 Å². The van der Waals surface area contributed by atoms with Crippen LogP contribution in [-0.4, -0.2) is 23.4 Å². The molecule has 0 radical (unpaired) electrons. The summed E-state index contributed by atoms with van der Waals surface area (Å²) in [5.74, 6) is -0.767. The number of nitrogens with zero attached hydrogens (tertiary/aromatic N) is 1. The summed E-state index contributed by atoms with van der Waals surface area (Å²) in [6.07, 6.45) is 0. The van der Waals surface area contributed by atoms with Crippen LogP contribution >= 0.6 is 11.6 Å². The summed E-state index contributed by atoms with van der Waals surface area (Å²) < 4.78 is 5.61. The van der Waals surface area contributed by atoms with Crippen LogP contribution in [0.25, 0.3) is 5.76 Å². The Morgan fingerprint density at radius 2 is 1.71 bits per heavy atom. The summed E-state index contributed by atoms with van der Waals surface area (Å²) in [7, 11) is 0. The molecule has 0 aromatic heterocycles. The number of halogens is 1. The molecule has 5 nitrogen and oxygen atoms in total. The summed E-state index contributed by atoms with van der Waals surface area (Å²) in [5.41, 5.74) is 2.82. The third-order valence-corrected chi connectivity index (χ3v) is 6.14. The molecule has 1 atom stereocenters. The Morgan fingerprint density at radius 1 is 1.03 bits per heavy atom. The number of ketones is 1. The standard InChI is InChI=1S/C28H26ClNO4/c1-4-34-23-7-5-6-22(16-23)30-25(19-10-8-18(9-11-19)17(2)3)24(27(32)28(30)33)26(31)20-12-14-21(29)15-13-20/h5-17,25,31H,4H2,1-3H3/b26-24+. The summed E-state index contributed by atoms with van der Waals surface area (Å²) in [6.45, 7) is 6.54. The highest BCUT2D eigenvalue weighted by molar-refractivity contribution is 6.51. The molecule has 34 heavy (non-hydrogen) atoms. The molecule has 1 unspecified atom stereocenters. The molecule has 174 valence electrons. The maximum absolute atomic E-state index is 13.3. The molecule has 0 bridgehead atoms. The Bertz CT molecular complexity index is 1250. The second-order valence-electron chi connectivity index (χ2n) is 8.43. The minimum Gasteiger partial charge on any atom is -0.507 e. The van der Waals surface area contributed by atoms with Gasteiger partial charge >= 0.3 is 0 Å². The third-order valence-electron chi connectivity index (χ3n) is 5.89. The van der Waals surface area contributed by atoms with Crippen molar-refractivity contribution in [3.05, 3.63) is 100 Å². The largest absolute Gasteiger partial charge is 0.507 e. The van der Waals surface area contributed by atoms with Crippen molar-refractivity contribution in [1.82, 2.24) is 0 Å². The molecule has 0 saturated carbocycles. The summed E-state index contributed by atoms with van der Waals surface area (Å²) >= 11 is 6.00. The highest BCUT2D eigenvalue weighted by Gasteiger charge is 2.47. The molecule has 0 aliphatic carbocycles. The molecular weight excluding hydrogens is 450 g/mol. The number of benzene rings is 3. The van der Waals surface area contributed by atoms with Crippen LogP contribution in [0.2, 0.25) is 5.02 Å². The number of rotatable bonds is 6. The molecule has 3 aromatic carbocycles. The molecule has 1 aliphatic rings. The van der Waals surface area contributed by atoms with Crippen molar-refractivity contribution in [2.24, 2.45) is 0 Å². The van der Waals surface area contributed by atoms with E-state index in [-0.39, 0.29) is 11.3 Å². The second kappa shape index (κ2) is 9.74. The fourth-order valence-electron chi connectivity index (χ4n) is 4.13. The Kier molecular flexibility index (Phi) is 6.75. The van der Waals surface area contributed by atoms with Crippen LogP contribution in [0.5, 0.6) is 5.75 Å². The third kappa shape index (κ3) is 4.44. The van der Waals surface area contributed by atoms with E-state index in [4.69, 9.17) is 16.3 Å². The smallest absolute Gasteiger partial charge is 0.300 e. The number of amides is 1. The van der Waals surface area contributed by atoms with Gasteiger partial charge in [-0.2, -0.15) is 0 Å². The number of Topliss-reactive ketones (excluding diaryl/α,β-unsaturated/α-hetero) is 1. The normalized spacial score (nSPS) is 17.4. The van der Waals surface area contributed by atoms with Crippen LogP contribution in [0.15, 0.2) is 78.4 Å². The summed E-state index contributed by atoms with van der Waals surface area (Å²) in [6, 6.07) is 20.5. The fraction of sp³-hybridized carbons (Fsp3) is 0.214. The molecule has 1 heterocycles. The van der Waals surface area contributed by atoms with Crippen molar-refractivity contribution in [2.75, 3.05) is 11.5 Å². The lowest BCUT2D eigenvalue weighted by molar-refractivity contribution is -0.132. The zero-order chi connectivity index (χ0) is 24.4. The lowest BCUT2D eigenvalue weighted by atomic mass is 9.93. The van der Waals surface area contributed by atoms with Crippen LogP contribution in [0, 0.1) is 0 Å². The van der Waals surface area contributed by atoms with Crippen molar-refractivity contribution in [3.8, 4) is 5.75 Å². The molecule has 3 aromatic rings. The van der Waals surface area contributed by atoms with Crippen LogP contribution in [0.4, 0.5) is 5.69 Å². The number of anilines is 1. The molecule has 1 aliphatic heterocycles. The van der Waals surface area contributed by atoms with Gasteiger partial charge in [-0.1, -0.05) is 55.8 Å². The first kappa shape index (κ1) is 23.6. The fourth-order valence-corrected chi connectivity index (χ4v) is 4.26. The molecule has 1 N–H and O–H groups in total. The quantitative estimate of drug-likeness (QED) is 0.251. The molecular formula is C28H26ClNO4. The number of carbonyl (C=O) groups is 2. The van der Waals surface area contributed by atoms with Gasteiger partial charge < -0.3 is 9.84 Å². The maximum Gasteiger partial charge on any atom is 0.300 e. The van der Waals surface area contributed by atoms with Gasteiger partial charge in [0, 0.05) is 22.3 Å². The average Bonchev–Trinajstić information content (AvgIpc) is 3.10. The van der Waals surface area contributed by atoms with Gasteiger partial charge in [0.1, 0.15) is 11.5 Å². The Labute approximate surface area is 204 Å². The zero-order valence-corrected chi connectivity index (χ0v) is 20.0. The highest BCUT2D eigenvalue weighted by Crippen LogP contribution is 2.43. The SMILES string of the molecule is CCOc1cccc(N2C(=O)C(=O)/C(=C(/O)c3ccc(Cl)cc3)C2c2ccc(C(C)C)cc2)c1. The Morgan fingerprint density at radius 3 is 2.32 bits per heavy atom. The van der Waals surface area contributed by atoms with E-state index >= 15 is 0 Å². The van der Waals surface area contributed by atoms with Crippen LogP contribution in [-0.2, 0) is 9.59 Å². The Balaban J connectivity index is 1.91. The van der Waals surface area contributed by atoms with E-state index in [9.17, 15) is 14.7 Å². The van der Waals surface area contributed by atoms with Gasteiger partial charge in [0.05, 0.1) is 18.2 Å². The van der Waals surface area contributed by atoms with Crippen LogP contribution in [0.3, 0.4) is 0 Å². The molecule has 1 amide bonds. The van der Waals surface area contributed by atoms with Crippen molar-refractivity contribution in [2.45, 2.75) is 32.7 Å². The minimum atomic E-state index is -0.797. The maximum atomic E-state index is 13.3. The molecule has 4 rings (SSSR count). The van der Waals surface area contributed by atoms with E-state index in [2.05, 4.69) is 13.8 Å². The predicted molar refractivity (Wildman–Crippen MR) is 134 cm³/mol. The van der Waals surface area contributed by atoms with Gasteiger partial charge in [0.2, 0.25) is 0 Å². The number of aliphatic hydroxyl groups is 1. The van der Waals surface area contributed by atoms with Crippen molar-refractivity contribution >= 4 is 34.7 Å².